The molecule has 0 unspecified atom stereocenters. The summed E-state index contributed by atoms with van der Waals surface area (Å²) in [5.41, 5.74) is 2.43. The van der Waals surface area contributed by atoms with E-state index in [9.17, 15) is 8.42 Å². The first-order valence-corrected chi connectivity index (χ1v) is 11.3. The number of hydrogen-bond acceptors (Lipinski definition) is 5. The third-order valence-electron chi connectivity index (χ3n) is 4.52. The predicted molar refractivity (Wildman–Crippen MR) is 107 cm³/mol. The van der Waals surface area contributed by atoms with E-state index in [1.54, 1.807) is 23.7 Å². The molecule has 3 rings (SSSR count). The molecule has 0 saturated carbocycles. The van der Waals surface area contributed by atoms with Gasteiger partial charge in [0.2, 0.25) is 0 Å². The highest BCUT2D eigenvalue weighted by molar-refractivity contribution is 7.93. The standard InChI is InChI=1S/C19H25N3O2S2/c1-16(9-13-22-11-3-2-4-12-22)15-17-5-7-18(8-6-17)26(23,24)21-19-20-10-14-25-19/h5-10,14H,2-4,11-13,15H2,1H3,(H,20,21)/b16-9+. The fourth-order valence-electron chi connectivity index (χ4n) is 3.06. The number of allylic oxidation sites excluding steroid dienone is 1. The lowest BCUT2D eigenvalue weighted by molar-refractivity contribution is 0.251. The molecule has 1 aromatic heterocycles. The van der Waals surface area contributed by atoms with Crippen molar-refractivity contribution in [2.75, 3.05) is 24.4 Å². The highest BCUT2D eigenvalue weighted by atomic mass is 32.2. The third kappa shape index (κ3) is 5.40. The van der Waals surface area contributed by atoms with Crippen LogP contribution < -0.4 is 4.72 Å². The first kappa shape index (κ1) is 19.1. The van der Waals surface area contributed by atoms with E-state index in [-0.39, 0.29) is 4.90 Å². The molecule has 0 spiro atoms. The van der Waals surface area contributed by atoms with Crippen LogP contribution in [0.3, 0.4) is 0 Å². The number of aromatic nitrogens is 1. The van der Waals surface area contributed by atoms with E-state index in [4.69, 9.17) is 0 Å². The zero-order chi connectivity index (χ0) is 18.4. The molecule has 0 atom stereocenters. The summed E-state index contributed by atoms with van der Waals surface area (Å²) in [6.45, 7) is 5.54. The molecule has 0 radical (unpaired) electrons. The van der Waals surface area contributed by atoms with Crippen molar-refractivity contribution in [2.24, 2.45) is 0 Å². The van der Waals surface area contributed by atoms with Crippen LogP contribution in [0.1, 0.15) is 31.7 Å². The van der Waals surface area contributed by atoms with Gasteiger partial charge in [0.1, 0.15) is 0 Å². The number of benzene rings is 1. The van der Waals surface area contributed by atoms with Gasteiger partial charge in [0.05, 0.1) is 4.90 Å². The molecular weight excluding hydrogens is 366 g/mol. The Labute approximate surface area is 159 Å². The van der Waals surface area contributed by atoms with Crippen molar-refractivity contribution in [2.45, 2.75) is 37.5 Å². The molecule has 0 bridgehead atoms. The molecule has 2 aromatic rings. The number of nitrogens with zero attached hydrogens (tertiary/aromatic N) is 2. The molecule has 2 heterocycles. The summed E-state index contributed by atoms with van der Waals surface area (Å²) in [7, 11) is -3.58. The molecule has 0 aliphatic carbocycles. The lowest BCUT2D eigenvalue weighted by Gasteiger charge is -2.25. The Morgan fingerprint density at radius 2 is 1.96 bits per heavy atom. The fourth-order valence-corrected chi connectivity index (χ4v) is 4.84. The number of likely N-dealkylation sites (tertiary alicyclic amines) is 1. The topological polar surface area (TPSA) is 62.3 Å². The van der Waals surface area contributed by atoms with Crippen LogP contribution in [0.4, 0.5) is 5.13 Å². The fraction of sp³-hybridized carbons (Fsp3) is 0.421. The monoisotopic (exact) mass is 391 g/mol. The zero-order valence-electron chi connectivity index (χ0n) is 15.0. The van der Waals surface area contributed by atoms with Crippen molar-refractivity contribution in [3.05, 3.63) is 53.1 Å². The highest BCUT2D eigenvalue weighted by Gasteiger charge is 2.15. The molecule has 5 nitrogen and oxygen atoms in total. The molecule has 1 aliphatic heterocycles. The summed E-state index contributed by atoms with van der Waals surface area (Å²) >= 11 is 1.26. The normalized spacial score (nSPS) is 16.6. The second kappa shape index (κ2) is 8.79. The summed E-state index contributed by atoms with van der Waals surface area (Å²) < 4.78 is 27.2. The van der Waals surface area contributed by atoms with Gasteiger partial charge in [0.15, 0.2) is 5.13 Å². The second-order valence-corrected chi connectivity index (χ2v) is 9.25. The quantitative estimate of drug-likeness (QED) is 0.727. The smallest absolute Gasteiger partial charge is 0.263 e. The van der Waals surface area contributed by atoms with Crippen molar-refractivity contribution >= 4 is 26.5 Å². The van der Waals surface area contributed by atoms with E-state index < -0.39 is 10.0 Å². The molecule has 0 amide bonds. The van der Waals surface area contributed by atoms with Crippen molar-refractivity contribution < 1.29 is 8.42 Å². The van der Waals surface area contributed by atoms with Gasteiger partial charge < -0.3 is 0 Å². The van der Waals surface area contributed by atoms with E-state index >= 15 is 0 Å². The molecule has 1 saturated heterocycles. The van der Waals surface area contributed by atoms with Gasteiger partial charge in [0, 0.05) is 18.1 Å². The summed E-state index contributed by atoms with van der Waals surface area (Å²) in [5.74, 6) is 0. The van der Waals surface area contributed by atoms with Gasteiger partial charge in [-0.05, 0) is 57.0 Å². The number of anilines is 1. The maximum absolute atomic E-state index is 12.3. The van der Waals surface area contributed by atoms with Gasteiger partial charge in [-0.1, -0.05) is 30.2 Å². The minimum absolute atomic E-state index is 0.256. The van der Waals surface area contributed by atoms with Crippen LogP contribution in [-0.2, 0) is 16.4 Å². The number of thiazole rings is 1. The molecule has 140 valence electrons. The van der Waals surface area contributed by atoms with Crippen LogP contribution in [0, 0.1) is 0 Å². The summed E-state index contributed by atoms with van der Waals surface area (Å²) in [5, 5.41) is 2.12. The summed E-state index contributed by atoms with van der Waals surface area (Å²) in [6.07, 6.45) is 8.67. The number of nitrogens with one attached hydrogen (secondary N) is 1. The van der Waals surface area contributed by atoms with Gasteiger partial charge in [-0.25, -0.2) is 13.4 Å². The Balaban J connectivity index is 1.58. The molecular formula is C19H25N3O2S2. The molecule has 1 aliphatic rings. The number of rotatable bonds is 7. The Morgan fingerprint density at radius 1 is 1.23 bits per heavy atom. The maximum Gasteiger partial charge on any atom is 0.263 e. The van der Waals surface area contributed by atoms with Gasteiger partial charge >= 0.3 is 0 Å². The molecule has 1 N–H and O–H groups in total. The van der Waals surface area contributed by atoms with Gasteiger partial charge in [-0.15, -0.1) is 11.3 Å². The number of sulfonamides is 1. The molecule has 1 fully saturated rings. The second-order valence-electron chi connectivity index (χ2n) is 6.68. The van der Waals surface area contributed by atoms with Crippen LogP contribution in [0.25, 0.3) is 0 Å². The van der Waals surface area contributed by atoms with Gasteiger partial charge in [0.25, 0.3) is 10.0 Å². The van der Waals surface area contributed by atoms with E-state index in [0.717, 1.165) is 18.5 Å². The summed E-state index contributed by atoms with van der Waals surface area (Å²) in [6, 6.07) is 7.08. The van der Waals surface area contributed by atoms with Gasteiger partial charge in [-0.2, -0.15) is 0 Å². The van der Waals surface area contributed by atoms with Crippen LogP contribution in [0.2, 0.25) is 0 Å². The van der Waals surface area contributed by atoms with E-state index in [1.165, 1.54) is 49.3 Å². The van der Waals surface area contributed by atoms with Crippen molar-refractivity contribution in [1.29, 1.82) is 0 Å². The Bertz CT molecular complexity index is 822. The first-order valence-electron chi connectivity index (χ1n) is 8.92. The minimum Gasteiger partial charge on any atom is -0.300 e. The Hall–Kier alpha value is -1.70. The number of hydrogen-bond donors (Lipinski definition) is 1. The largest absolute Gasteiger partial charge is 0.300 e. The van der Waals surface area contributed by atoms with Crippen LogP contribution >= 0.6 is 11.3 Å². The lowest BCUT2D eigenvalue weighted by Crippen LogP contribution is -2.29. The average Bonchev–Trinajstić information content (AvgIpc) is 3.14. The van der Waals surface area contributed by atoms with Crippen LogP contribution in [0.15, 0.2) is 52.4 Å². The van der Waals surface area contributed by atoms with Crippen molar-refractivity contribution in [1.82, 2.24) is 9.88 Å². The highest BCUT2D eigenvalue weighted by Crippen LogP contribution is 2.19. The SMILES string of the molecule is C/C(=C\CN1CCCCC1)Cc1ccc(S(=O)(=O)Nc2nccs2)cc1. The van der Waals surface area contributed by atoms with E-state index in [1.807, 2.05) is 12.1 Å². The van der Waals surface area contributed by atoms with Crippen LogP contribution in [-0.4, -0.2) is 37.9 Å². The third-order valence-corrected chi connectivity index (χ3v) is 6.69. The molecule has 7 heteroatoms. The van der Waals surface area contributed by atoms with E-state index in [2.05, 4.69) is 27.6 Å². The van der Waals surface area contributed by atoms with Gasteiger partial charge in [-0.3, -0.25) is 9.62 Å². The lowest BCUT2D eigenvalue weighted by atomic mass is 10.1. The average molecular weight is 392 g/mol. The summed E-state index contributed by atoms with van der Waals surface area (Å²) in [4.78, 5) is 6.71. The van der Waals surface area contributed by atoms with Crippen molar-refractivity contribution in [3.8, 4) is 0 Å². The number of piperidine rings is 1. The minimum atomic E-state index is -3.58. The van der Waals surface area contributed by atoms with Crippen LogP contribution in [0.5, 0.6) is 0 Å². The Kier molecular flexibility index (Phi) is 6.45. The van der Waals surface area contributed by atoms with E-state index in [0.29, 0.717) is 5.13 Å². The maximum atomic E-state index is 12.3. The first-order chi connectivity index (χ1) is 12.5. The molecule has 1 aromatic carbocycles. The van der Waals surface area contributed by atoms with Crippen molar-refractivity contribution in [3.63, 3.8) is 0 Å². The Morgan fingerprint density at radius 3 is 2.62 bits per heavy atom. The predicted octanol–water partition coefficient (Wildman–Crippen LogP) is 3.92. The zero-order valence-corrected chi connectivity index (χ0v) is 16.7. The molecule has 26 heavy (non-hydrogen) atoms.